The number of rotatable bonds is 13. The fourth-order valence-corrected chi connectivity index (χ4v) is 10.9. The molecule has 20 heteroatoms. The van der Waals surface area contributed by atoms with Crippen LogP contribution in [0.4, 0.5) is 11.6 Å². The highest BCUT2D eigenvalue weighted by Crippen LogP contribution is 2.38. The zero-order valence-corrected chi connectivity index (χ0v) is 37.0. The molecule has 3 saturated heterocycles. The van der Waals surface area contributed by atoms with Gasteiger partial charge in [0.15, 0.2) is 29.4 Å². The summed E-state index contributed by atoms with van der Waals surface area (Å²) in [6, 6.07) is 17.4. The number of thiophene rings is 2. The molecule has 9 rings (SSSR count). The van der Waals surface area contributed by atoms with Crippen LogP contribution in [0.2, 0.25) is 0 Å². The summed E-state index contributed by atoms with van der Waals surface area (Å²) < 4.78 is 53.1. The van der Waals surface area contributed by atoms with Crippen molar-refractivity contribution in [1.82, 2.24) is 29.1 Å². The number of hydrogen-bond acceptors (Lipinski definition) is 17. The fourth-order valence-electron chi connectivity index (χ4n) is 7.58. The number of morpholine rings is 2. The van der Waals surface area contributed by atoms with Gasteiger partial charge in [-0.1, -0.05) is 24.3 Å². The number of cyclic esters (lactones) is 1. The van der Waals surface area contributed by atoms with Gasteiger partial charge in [0.25, 0.3) is 15.9 Å². The van der Waals surface area contributed by atoms with Crippen molar-refractivity contribution in [3.8, 4) is 34.3 Å². The first kappa shape index (κ1) is 42.5. The molecule has 1 unspecified atom stereocenters. The number of anilines is 2. The van der Waals surface area contributed by atoms with Gasteiger partial charge in [-0.2, -0.15) is 4.31 Å². The number of amides is 1. The minimum absolute atomic E-state index is 0.0224. The van der Waals surface area contributed by atoms with E-state index < -0.39 is 21.2 Å². The number of sulfonamides is 1. The van der Waals surface area contributed by atoms with E-state index in [0.717, 1.165) is 30.8 Å². The van der Waals surface area contributed by atoms with E-state index in [0.29, 0.717) is 99.4 Å². The van der Waals surface area contributed by atoms with Crippen molar-refractivity contribution in [2.75, 3.05) is 76.5 Å². The number of ether oxygens (including phenoxy) is 4. The number of aromatic hydroxyl groups is 1. The molecule has 3 fully saturated rings. The van der Waals surface area contributed by atoms with Crippen LogP contribution in [0.1, 0.15) is 22.6 Å². The number of carbonyl (C=O) groups excluding carboxylic acids is 2. The van der Waals surface area contributed by atoms with Gasteiger partial charge in [-0.15, -0.1) is 22.7 Å². The van der Waals surface area contributed by atoms with Crippen LogP contribution in [0.5, 0.6) is 11.5 Å². The van der Waals surface area contributed by atoms with E-state index in [4.69, 9.17) is 38.9 Å². The van der Waals surface area contributed by atoms with E-state index in [9.17, 15) is 23.1 Å². The summed E-state index contributed by atoms with van der Waals surface area (Å²) in [4.78, 5) is 51.8. The standard InChI is InChI=1S/C43H44N8O9S3/c1-26(63(55,56)49(3)25-32-23-34-38(62-32)42(51-14-18-58-19-15-51)46-39(44-34)27-6-4-8-29(52)20-27)59-30-9-5-7-28(21-30)40-45-33-22-31(24-48(2)43(54)35-10-11-36(53)60-35)61-37(33)41(47-40)50-12-16-57-17-13-50/h4-9,20-23,35,52H,1,10-19,24-25H2,2-3H3. The normalized spacial score (nSPS) is 17.1. The molecule has 0 saturated carbocycles. The Labute approximate surface area is 371 Å². The van der Waals surface area contributed by atoms with E-state index in [1.165, 1.54) is 34.0 Å². The van der Waals surface area contributed by atoms with E-state index in [-0.39, 0.29) is 36.3 Å². The second kappa shape index (κ2) is 17.8. The molecule has 3 aliphatic heterocycles. The Morgan fingerprint density at radius 2 is 1.38 bits per heavy atom. The number of fused-ring (bicyclic) bond motifs is 2. The number of hydrogen-bond donors (Lipinski definition) is 1. The van der Waals surface area contributed by atoms with Crippen molar-refractivity contribution in [3.05, 3.63) is 82.1 Å². The van der Waals surface area contributed by atoms with Crippen LogP contribution in [0, 0.1) is 0 Å². The van der Waals surface area contributed by atoms with Crippen LogP contribution in [-0.2, 0) is 46.9 Å². The van der Waals surface area contributed by atoms with Gasteiger partial charge in [-0.3, -0.25) is 9.59 Å². The molecule has 328 valence electrons. The second-order valence-electron chi connectivity index (χ2n) is 15.3. The largest absolute Gasteiger partial charge is 0.508 e. The number of benzene rings is 2. The molecule has 7 heterocycles. The predicted octanol–water partition coefficient (Wildman–Crippen LogP) is 5.38. The van der Waals surface area contributed by atoms with E-state index >= 15 is 0 Å². The highest BCUT2D eigenvalue weighted by molar-refractivity contribution is 7.92. The molecule has 0 bridgehead atoms. The summed E-state index contributed by atoms with van der Waals surface area (Å²) in [5.41, 5.74) is 2.60. The summed E-state index contributed by atoms with van der Waals surface area (Å²) in [5.74, 6) is 2.03. The lowest BCUT2D eigenvalue weighted by Crippen LogP contribution is -2.36. The van der Waals surface area contributed by atoms with Gasteiger partial charge in [-0.25, -0.2) is 28.4 Å². The number of phenolic OH excluding ortho intramolecular Hbond substituents is 1. The molecule has 0 aliphatic carbocycles. The first-order chi connectivity index (χ1) is 30.4. The average Bonchev–Trinajstić information content (AvgIpc) is 4.03. The third-order valence-corrected chi connectivity index (χ3v) is 14.7. The molecule has 17 nitrogen and oxygen atoms in total. The van der Waals surface area contributed by atoms with Crippen molar-refractivity contribution in [1.29, 1.82) is 0 Å². The Bertz CT molecular complexity index is 2840. The molecule has 3 aliphatic rings. The SMILES string of the molecule is C=C(Oc1cccc(-c2nc(N3CCOCC3)c3sc(CN(C)C(=O)C4CCC(=O)O4)cc3n2)c1)S(=O)(=O)N(C)Cc1cc2nc(-c3cccc(O)c3)nc(N3CCOCC3)c2s1. The van der Waals surface area contributed by atoms with Crippen LogP contribution in [0.3, 0.4) is 0 Å². The number of likely N-dealkylation sites (N-methyl/N-ethyl adjacent to an activating group) is 1. The van der Waals surface area contributed by atoms with Crippen molar-refractivity contribution in [2.24, 2.45) is 0 Å². The highest BCUT2D eigenvalue weighted by atomic mass is 32.2. The van der Waals surface area contributed by atoms with Gasteiger partial charge in [-0.05, 0) is 43.0 Å². The van der Waals surface area contributed by atoms with E-state index in [1.807, 2.05) is 24.3 Å². The van der Waals surface area contributed by atoms with Crippen molar-refractivity contribution < 1.29 is 42.1 Å². The fraction of sp³-hybridized carbons (Fsp3) is 0.349. The minimum atomic E-state index is -4.18. The molecule has 4 aromatic heterocycles. The van der Waals surface area contributed by atoms with Crippen LogP contribution < -0.4 is 14.5 Å². The highest BCUT2D eigenvalue weighted by Gasteiger charge is 2.33. The van der Waals surface area contributed by atoms with Crippen molar-refractivity contribution in [2.45, 2.75) is 32.0 Å². The molecule has 0 radical (unpaired) electrons. The minimum Gasteiger partial charge on any atom is -0.508 e. The molecule has 63 heavy (non-hydrogen) atoms. The monoisotopic (exact) mass is 912 g/mol. The maximum Gasteiger partial charge on any atom is 0.306 e. The Morgan fingerprint density at radius 3 is 1.94 bits per heavy atom. The number of aromatic nitrogens is 4. The third kappa shape index (κ3) is 9.04. The Kier molecular flexibility index (Phi) is 12.0. The van der Waals surface area contributed by atoms with Crippen molar-refractivity contribution >= 4 is 76.6 Å². The lowest BCUT2D eigenvalue weighted by molar-refractivity contribution is -0.152. The van der Waals surface area contributed by atoms with E-state index in [2.05, 4.69) is 16.4 Å². The maximum atomic E-state index is 13.9. The Balaban J connectivity index is 0.942. The van der Waals surface area contributed by atoms with Gasteiger partial charge in [0.2, 0.25) is 5.09 Å². The van der Waals surface area contributed by atoms with Gasteiger partial charge < -0.3 is 38.8 Å². The van der Waals surface area contributed by atoms with Crippen LogP contribution in [-0.4, -0.2) is 127 Å². The quantitative estimate of drug-likeness (QED) is 0.115. The molecule has 0 spiro atoms. The van der Waals surface area contributed by atoms with Gasteiger partial charge in [0.1, 0.15) is 11.5 Å². The second-order valence-corrected chi connectivity index (χ2v) is 19.6. The molecule has 1 amide bonds. The smallest absolute Gasteiger partial charge is 0.306 e. The summed E-state index contributed by atoms with van der Waals surface area (Å²) in [7, 11) is -1.02. The molecule has 1 atom stereocenters. The molecule has 6 aromatic rings. The van der Waals surface area contributed by atoms with Crippen LogP contribution >= 0.6 is 22.7 Å². The first-order valence-electron chi connectivity index (χ1n) is 20.3. The lowest BCUT2D eigenvalue weighted by Gasteiger charge is -2.28. The first-order valence-corrected chi connectivity index (χ1v) is 23.4. The van der Waals surface area contributed by atoms with E-state index in [1.54, 1.807) is 48.3 Å². The zero-order valence-electron chi connectivity index (χ0n) is 34.6. The van der Waals surface area contributed by atoms with Gasteiger partial charge in [0, 0.05) is 80.5 Å². The lowest BCUT2D eigenvalue weighted by atomic mass is 10.2. The summed E-state index contributed by atoms with van der Waals surface area (Å²) >= 11 is 2.91. The number of phenols is 1. The Hall–Kier alpha value is -5.77. The van der Waals surface area contributed by atoms with Gasteiger partial charge >= 0.3 is 5.97 Å². The third-order valence-electron chi connectivity index (χ3n) is 10.9. The summed E-state index contributed by atoms with van der Waals surface area (Å²) in [6.45, 7) is 8.87. The zero-order chi connectivity index (χ0) is 43.8. The predicted molar refractivity (Wildman–Crippen MR) is 239 cm³/mol. The van der Waals surface area contributed by atoms with Crippen LogP contribution in [0.15, 0.2) is 72.3 Å². The average molecular weight is 913 g/mol. The Morgan fingerprint density at radius 1 is 0.825 bits per heavy atom. The number of nitrogens with zero attached hydrogens (tertiary/aromatic N) is 8. The molecule has 1 N–H and O–H groups in total. The number of esters is 1. The summed E-state index contributed by atoms with van der Waals surface area (Å²) in [6.07, 6.45) is -0.173. The van der Waals surface area contributed by atoms with Crippen molar-refractivity contribution in [3.63, 3.8) is 0 Å². The molecular formula is C43H44N8O9S3. The molecular weight excluding hydrogens is 869 g/mol. The topological polar surface area (TPSA) is 190 Å². The number of carbonyl (C=O) groups is 2. The summed E-state index contributed by atoms with van der Waals surface area (Å²) in [5, 5.41) is 9.70. The maximum absolute atomic E-state index is 13.9. The van der Waals surface area contributed by atoms with Crippen LogP contribution in [0.25, 0.3) is 43.2 Å². The van der Waals surface area contributed by atoms with Gasteiger partial charge in [0.05, 0.1) is 53.4 Å². The molecule has 2 aromatic carbocycles.